The van der Waals surface area contributed by atoms with E-state index in [1.807, 2.05) is 30.3 Å². The molecule has 0 bridgehead atoms. The third-order valence-electron chi connectivity index (χ3n) is 6.75. The predicted octanol–water partition coefficient (Wildman–Crippen LogP) is 5.99. The maximum atomic E-state index is 13.3. The molecule has 1 aromatic heterocycles. The Hall–Kier alpha value is -2.34. The molecule has 2 saturated heterocycles. The molecule has 2 aliphatic heterocycles. The fraction of sp³-hybridized carbons (Fsp3) is 0.458. The molecule has 158 valence electrons. The van der Waals surface area contributed by atoms with Crippen molar-refractivity contribution >= 4 is 11.0 Å². The third kappa shape index (κ3) is 3.62. The van der Waals surface area contributed by atoms with Crippen molar-refractivity contribution in [1.82, 2.24) is 14.5 Å². The number of benzene rings is 2. The fourth-order valence-corrected chi connectivity index (χ4v) is 5.32. The van der Waals surface area contributed by atoms with E-state index >= 15 is 0 Å². The summed E-state index contributed by atoms with van der Waals surface area (Å²) in [5.74, 6) is 1.26. The van der Waals surface area contributed by atoms with Crippen molar-refractivity contribution in [2.75, 3.05) is 13.1 Å². The molecule has 0 saturated carbocycles. The highest BCUT2D eigenvalue weighted by Gasteiger charge is 2.34. The molecule has 2 fully saturated rings. The fourth-order valence-electron chi connectivity index (χ4n) is 5.32. The second kappa shape index (κ2) is 7.73. The zero-order valence-corrected chi connectivity index (χ0v) is 16.9. The molecular formula is C24H26F3N3. The van der Waals surface area contributed by atoms with Crippen LogP contribution in [0.5, 0.6) is 0 Å². The maximum absolute atomic E-state index is 13.3. The lowest BCUT2D eigenvalue weighted by atomic mass is 9.83. The molecule has 0 amide bonds. The molecule has 0 aliphatic carbocycles. The summed E-state index contributed by atoms with van der Waals surface area (Å²) in [7, 11) is 0. The Kier molecular flexibility index (Phi) is 5.05. The summed E-state index contributed by atoms with van der Waals surface area (Å²) in [5, 5.41) is 0. The van der Waals surface area contributed by atoms with Gasteiger partial charge >= 0.3 is 6.18 Å². The number of imidazole rings is 1. The van der Waals surface area contributed by atoms with Crippen molar-refractivity contribution in [1.29, 1.82) is 0 Å². The predicted molar refractivity (Wildman–Crippen MR) is 112 cm³/mol. The zero-order valence-electron chi connectivity index (χ0n) is 16.9. The van der Waals surface area contributed by atoms with Gasteiger partial charge in [-0.3, -0.25) is 0 Å². The first kappa shape index (κ1) is 19.6. The van der Waals surface area contributed by atoms with Gasteiger partial charge in [0, 0.05) is 18.2 Å². The number of halogens is 3. The number of nitrogens with zero attached hydrogens (tertiary/aromatic N) is 3. The summed E-state index contributed by atoms with van der Waals surface area (Å²) in [6, 6.07) is 14.3. The van der Waals surface area contributed by atoms with Crippen molar-refractivity contribution in [2.45, 2.75) is 50.9 Å². The van der Waals surface area contributed by atoms with E-state index in [0.29, 0.717) is 17.5 Å². The zero-order chi connectivity index (χ0) is 20.7. The first-order valence-electron chi connectivity index (χ1n) is 10.9. The molecule has 2 aliphatic rings. The van der Waals surface area contributed by atoms with Crippen molar-refractivity contribution in [3.8, 4) is 11.4 Å². The van der Waals surface area contributed by atoms with Gasteiger partial charge in [-0.15, -0.1) is 0 Å². The highest BCUT2D eigenvalue weighted by molar-refractivity contribution is 5.81. The van der Waals surface area contributed by atoms with Crippen LogP contribution in [0.15, 0.2) is 48.5 Å². The summed E-state index contributed by atoms with van der Waals surface area (Å²) >= 11 is 0. The summed E-state index contributed by atoms with van der Waals surface area (Å²) in [4.78, 5) is 7.30. The van der Waals surface area contributed by atoms with E-state index in [0.717, 1.165) is 29.9 Å². The quantitative estimate of drug-likeness (QED) is 0.526. The average molecular weight is 413 g/mol. The van der Waals surface area contributed by atoms with Crippen molar-refractivity contribution < 1.29 is 13.2 Å². The Bertz CT molecular complexity index is 1020. The van der Waals surface area contributed by atoms with Crippen LogP contribution in [-0.2, 0) is 12.7 Å². The Labute approximate surface area is 174 Å². The standard InChI is InChI=1S/C24H26F3N3/c25-24(26,27)19-11-12-22-20(15-19)28-23(17-7-2-1-3-8-17)30(22)16-18-9-6-14-29-13-5-4-10-21(18)29/h1-3,7-8,11-12,15,18,21H,4-6,9-10,13-14,16H2/t18-,21?/m1/s1. The van der Waals surface area contributed by atoms with E-state index in [1.54, 1.807) is 6.07 Å². The first-order chi connectivity index (χ1) is 14.5. The molecule has 1 unspecified atom stereocenters. The first-order valence-corrected chi connectivity index (χ1v) is 10.9. The second-order valence-corrected chi connectivity index (χ2v) is 8.61. The Morgan fingerprint density at radius 3 is 2.53 bits per heavy atom. The van der Waals surface area contributed by atoms with Gasteiger partial charge < -0.3 is 9.47 Å². The molecule has 0 spiro atoms. The number of rotatable bonds is 3. The minimum atomic E-state index is -4.36. The van der Waals surface area contributed by atoms with Gasteiger partial charge in [0.05, 0.1) is 16.6 Å². The van der Waals surface area contributed by atoms with Crippen molar-refractivity contribution in [2.24, 2.45) is 5.92 Å². The topological polar surface area (TPSA) is 21.1 Å². The molecule has 0 radical (unpaired) electrons. The van der Waals surface area contributed by atoms with E-state index in [-0.39, 0.29) is 0 Å². The number of alkyl halides is 3. The largest absolute Gasteiger partial charge is 0.416 e. The number of aromatic nitrogens is 2. The van der Waals surface area contributed by atoms with Crippen LogP contribution in [-0.4, -0.2) is 33.6 Å². The Morgan fingerprint density at radius 1 is 0.933 bits per heavy atom. The van der Waals surface area contributed by atoms with Crippen LogP contribution in [0.1, 0.15) is 37.7 Å². The smallest absolute Gasteiger partial charge is 0.324 e. The van der Waals surface area contributed by atoms with Crippen molar-refractivity contribution in [3.05, 3.63) is 54.1 Å². The van der Waals surface area contributed by atoms with E-state index in [2.05, 4.69) is 14.5 Å². The van der Waals surface area contributed by atoms with E-state index in [9.17, 15) is 13.2 Å². The summed E-state index contributed by atoms with van der Waals surface area (Å²) in [5.41, 5.74) is 1.50. The van der Waals surface area contributed by atoms with Crippen LogP contribution >= 0.6 is 0 Å². The summed E-state index contributed by atoms with van der Waals surface area (Å²) in [6.45, 7) is 3.14. The Morgan fingerprint density at radius 2 is 1.73 bits per heavy atom. The lowest BCUT2D eigenvalue weighted by Gasteiger charge is -2.44. The van der Waals surface area contributed by atoms with Gasteiger partial charge in [-0.1, -0.05) is 36.8 Å². The molecule has 0 N–H and O–H groups in total. The average Bonchev–Trinajstić information content (AvgIpc) is 3.12. The van der Waals surface area contributed by atoms with Crippen LogP contribution in [0.4, 0.5) is 13.2 Å². The monoisotopic (exact) mass is 413 g/mol. The molecule has 3 nitrogen and oxygen atoms in total. The molecule has 6 heteroatoms. The highest BCUT2D eigenvalue weighted by atomic mass is 19.4. The van der Waals surface area contributed by atoms with Gasteiger partial charge in [-0.2, -0.15) is 13.2 Å². The van der Waals surface area contributed by atoms with Gasteiger partial charge in [0.25, 0.3) is 0 Å². The second-order valence-electron chi connectivity index (χ2n) is 8.61. The highest BCUT2D eigenvalue weighted by Crippen LogP contribution is 2.36. The van der Waals surface area contributed by atoms with Gasteiger partial charge in [0.15, 0.2) is 0 Å². The van der Waals surface area contributed by atoms with Gasteiger partial charge in [-0.05, 0) is 62.9 Å². The van der Waals surface area contributed by atoms with Gasteiger partial charge in [0.1, 0.15) is 5.82 Å². The van der Waals surface area contributed by atoms with Gasteiger partial charge in [0.2, 0.25) is 0 Å². The summed E-state index contributed by atoms with van der Waals surface area (Å²) in [6.07, 6.45) is 1.74. The number of piperidine rings is 2. The minimum absolute atomic E-state index is 0.417. The van der Waals surface area contributed by atoms with Crippen LogP contribution in [0.25, 0.3) is 22.4 Å². The van der Waals surface area contributed by atoms with E-state index in [4.69, 9.17) is 0 Å². The van der Waals surface area contributed by atoms with Crippen molar-refractivity contribution in [3.63, 3.8) is 0 Å². The molecule has 3 heterocycles. The maximum Gasteiger partial charge on any atom is 0.416 e. The Balaban J connectivity index is 1.58. The van der Waals surface area contributed by atoms with Crippen LogP contribution in [0.2, 0.25) is 0 Å². The lowest BCUT2D eigenvalue weighted by molar-refractivity contribution is -0.137. The summed E-state index contributed by atoms with van der Waals surface area (Å²) < 4.78 is 42.0. The number of hydrogen-bond acceptors (Lipinski definition) is 2. The van der Waals surface area contributed by atoms with E-state index in [1.165, 1.54) is 50.9 Å². The molecule has 2 aromatic carbocycles. The number of fused-ring (bicyclic) bond motifs is 2. The van der Waals surface area contributed by atoms with E-state index < -0.39 is 11.7 Å². The molecule has 30 heavy (non-hydrogen) atoms. The van der Waals surface area contributed by atoms with Gasteiger partial charge in [-0.25, -0.2) is 4.98 Å². The van der Waals surface area contributed by atoms with Crippen LogP contribution < -0.4 is 0 Å². The minimum Gasteiger partial charge on any atom is -0.324 e. The molecular weight excluding hydrogens is 387 g/mol. The molecule has 5 rings (SSSR count). The molecule has 2 atom stereocenters. The SMILES string of the molecule is FC(F)(F)c1ccc2c(c1)nc(-c1ccccc1)n2C[C@H]1CCCN2CCCCC12. The third-order valence-corrected chi connectivity index (χ3v) is 6.75. The van der Waals surface area contributed by atoms with Crippen LogP contribution in [0.3, 0.4) is 0 Å². The van der Waals surface area contributed by atoms with Crippen LogP contribution in [0, 0.1) is 5.92 Å². The lowest BCUT2D eigenvalue weighted by Crippen LogP contribution is -2.49. The number of hydrogen-bond donors (Lipinski definition) is 0. The molecule has 3 aromatic rings. The normalized spacial score (nSPS) is 22.9.